The summed E-state index contributed by atoms with van der Waals surface area (Å²) in [6, 6.07) is 177. The summed E-state index contributed by atoms with van der Waals surface area (Å²) in [4.78, 5) is 11.3. The van der Waals surface area contributed by atoms with Crippen molar-refractivity contribution in [2.45, 2.75) is 0 Å². The minimum Gasteiger partial charge on any atom is -0.345 e. The van der Waals surface area contributed by atoms with E-state index in [1.54, 1.807) is 0 Å². The Morgan fingerprint density at radius 2 is 0.367 bits per heavy atom. The molecule has 0 amide bonds. The fourth-order valence-electron chi connectivity index (χ4n) is 17.8. The summed E-state index contributed by atoms with van der Waals surface area (Å²) in [6.07, 6.45) is 0. The van der Waals surface area contributed by atoms with E-state index >= 15 is 0 Å². The Balaban J connectivity index is 0.000000105. The molecule has 23 aromatic carbocycles. The van der Waals surface area contributed by atoms with Crippen LogP contribution in [0.3, 0.4) is 0 Å². The smallest absolute Gasteiger partial charge is 0.0487 e. The standard InChI is InChI=1S/3C27H21N.2C21H17N/c1-28(27-14-8-7-13-26(27)20-9-3-2-4-10-20)23-17-18-25-22(19-23)16-15-21-11-5-6-12-24(21)25;1-28(24-12-7-11-22(18-24)20-8-3-2-4-9-20)25-16-17-27-23(19-25)15-14-21-10-5-6-13-26(21)27;1-28(24-15-13-21(14-16-24)20-7-3-2-4-8-20)25-17-18-27-23(19-25)12-11-22-9-5-6-10-26(22)27;1-22(20-14-6-10-16-8-2-4-12-18(16)20)21-15-7-11-17-9-3-5-13-19(17)21;1-22(20-12-10-16-6-2-4-8-18(16)14-20)21-13-11-17-7-3-5-9-19(17)15-21/h3*2-19H,1H3;2*2-15H,1H3. The maximum Gasteiger partial charge on any atom is 0.0487 e. The van der Waals surface area contributed by atoms with Crippen molar-refractivity contribution in [3.63, 3.8) is 0 Å². The zero-order valence-electron chi connectivity index (χ0n) is 72.6. The van der Waals surface area contributed by atoms with Crippen LogP contribution < -0.4 is 24.5 Å². The van der Waals surface area contributed by atoms with Gasteiger partial charge in [-0.05, 0) is 228 Å². The normalized spacial score (nSPS) is 11.0. The molecule has 0 aliphatic rings. The molecule has 0 bridgehead atoms. The lowest BCUT2D eigenvalue weighted by Gasteiger charge is -2.23. The molecule has 0 atom stereocenters. The van der Waals surface area contributed by atoms with Crippen molar-refractivity contribution in [2.75, 3.05) is 59.7 Å². The molecule has 0 aromatic heterocycles. The fraction of sp³-hybridized carbons (Fsp3) is 0.0407. The molecule has 0 aliphatic carbocycles. The van der Waals surface area contributed by atoms with Crippen LogP contribution in [-0.4, -0.2) is 35.2 Å². The number of fused-ring (bicyclic) bond motifs is 13. The van der Waals surface area contributed by atoms with Crippen LogP contribution in [0.15, 0.2) is 497 Å². The SMILES string of the molecule is CN(c1ccc(-c2ccccc2)cc1)c1ccc2c(ccc3ccccc32)c1.CN(c1ccc2c(ccc3ccccc32)c1)c1ccccc1-c1ccccc1.CN(c1ccc2ccccc2c1)c1ccc2ccccc2c1.CN(c1cccc(-c2ccccc2)c1)c1ccc2c(ccc3ccccc32)c1.CN(c1cccc2ccccc12)c1cccc2ccccc12. The summed E-state index contributed by atoms with van der Waals surface area (Å²) < 4.78 is 0. The molecule has 23 rings (SSSR count). The number of rotatable bonds is 13. The Morgan fingerprint density at radius 3 is 0.805 bits per heavy atom. The molecule has 0 N–H and O–H groups in total. The van der Waals surface area contributed by atoms with Gasteiger partial charge in [0.05, 0.1) is 0 Å². The molecule has 0 spiro atoms. The highest BCUT2D eigenvalue weighted by Crippen LogP contribution is 2.41. The summed E-state index contributed by atoms with van der Waals surface area (Å²) >= 11 is 0. The largest absolute Gasteiger partial charge is 0.345 e. The Bertz CT molecular complexity index is 7700. The van der Waals surface area contributed by atoms with E-state index in [1.807, 2.05) is 0 Å². The van der Waals surface area contributed by atoms with Crippen molar-refractivity contribution in [1.82, 2.24) is 0 Å². The van der Waals surface area contributed by atoms with Gasteiger partial charge in [0.15, 0.2) is 0 Å². The van der Waals surface area contributed by atoms with Crippen molar-refractivity contribution in [3.8, 4) is 33.4 Å². The van der Waals surface area contributed by atoms with Gasteiger partial charge in [-0.15, -0.1) is 0 Å². The van der Waals surface area contributed by atoms with Gasteiger partial charge in [0.25, 0.3) is 0 Å². The number of nitrogens with zero attached hydrogens (tertiary/aromatic N) is 5. The van der Waals surface area contributed by atoms with E-state index < -0.39 is 0 Å². The second-order valence-corrected chi connectivity index (χ2v) is 32.6. The lowest BCUT2D eigenvalue weighted by Crippen LogP contribution is -2.10. The van der Waals surface area contributed by atoms with Crippen molar-refractivity contribution < 1.29 is 0 Å². The highest BCUT2D eigenvalue weighted by atomic mass is 15.1. The van der Waals surface area contributed by atoms with Gasteiger partial charge in [0.2, 0.25) is 0 Å². The first-order valence-corrected chi connectivity index (χ1v) is 43.9. The van der Waals surface area contributed by atoms with Crippen LogP contribution in [0.5, 0.6) is 0 Å². The van der Waals surface area contributed by atoms with Gasteiger partial charge in [0.1, 0.15) is 0 Å². The lowest BCUT2D eigenvalue weighted by molar-refractivity contribution is 1.21. The number of hydrogen-bond acceptors (Lipinski definition) is 5. The molecular weight excluding hydrogens is 1550 g/mol. The number of anilines is 10. The van der Waals surface area contributed by atoms with Crippen molar-refractivity contribution in [1.29, 1.82) is 0 Å². The molecule has 0 fully saturated rings. The topological polar surface area (TPSA) is 16.2 Å². The predicted molar refractivity (Wildman–Crippen MR) is 556 cm³/mol. The van der Waals surface area contributed by atoms with Crippen LogP contribution in [0.2, 0.25) is 0 Å². The molecule has 0 heterocycles. The number of para-hydroxylation sites is 1. The van der Waals surface area contributed by atoms with Crippen LogP contribution in [0.4, 0.5) is 56.9 Å². The zero-order valence-corrected chi connectivity index (χ0v) is 72.6. The number of benzene rings is 23. The van der Waals surface area contributed by atoms with Gasteiger partial charge in [-0.2, -0.15) is 0 Å². The van der Waals surface area contributed by atoms with Gasteiger partial charge >= 0.3 is 0 Å². The molecule has 128 heavy (non-hydrogen) atoms. The summed E-state index contributed by atoms with van der Waals surface area (Å²) in [5, 5.41) is 25.7. The van der Waals surface area contributed by atoms with E-state index in [4.69, 9.17) is 0 Å². The quantitative estimate of drug-likeness (QED) is 0.107. The van der Waals surface area contributed by atoms with E-state index in [-0.39, 0.29) is 0 Å². The maximum absolute atomic E-state index is 2.28. The fourth-order valence-corrected chi connectivity index (χ4v) is 17.8. The molecule has 0 saturated carbocycles. The summed E-state index contributed by atoms with van der Waals surface area (Å²) in [5.41, 5.74) is 19.4. The summed E-state index contributed by atoms with van der Waals surface area (Å²) in [5.74, 6) is 0. The zero-order chi connectivity index (χ0) is 86.7. The van der Waals surface area contributed by atoms with Gasteiger partial charge in [-0.3, -0.25) is 0 Å². The highest BCUT2D eigenvalue weighted by molar-refractivity contribution is 6.11. The van der Waals surface area contributed by atoms with Crippen LogP contribution in [-0.2, 0) is 0 Å². The lowest BCUT2D eigenvalue weighted by atomic mass is 10.0. The third-order valence-corrected chi connectivity index (χ3v) is 24.9. The van der Waals surface area contributed by atoms with Crippen molar-refractivity contribution in [2.24, 2.45) is 0 Å². The first-order valence-electron chi connectivity index (χ1n) is 43.9. The van der Waals surface area contributed by atoms with E-state index in [0.29, 0.717) is 0 Å². The second-order valence-electron chi connectivity index (χ2n) is 32.6. The van der Waals surface area contributed by atoms with E-state index in [0.717, 1.165) is 0 Å². The third-order valence-electron chi connectivity index (χ3n) is 24.9. The Hall–Kier alpha value is -16.3. The van der Waals surface area contributed by atoms with Gasteiger partial charge in [0, 0.05) is 108 Å². The van der Waals surface area contributed by atoms with Crippen LogP contribution in [0.25, 0.3) is 141 Å². The first-order chi connectivity index (χ1) is 63.0. The molecule has 23 aromatic rings. The minimum absolute atomic E-state index is 1.18. The summed E-state index contributed by atoms with van der Waals surface area (Å²) in [6.45, 7) is 0. The Morgan fingerprint density at radius 1 is 0.117 bits per heavy atom. The molecule has 0 aliphatic heterocycles. The van der Waals surface area contributed by atoms with E-state index in [2.05, 4.69) is 557 Å². The molecule has 5 nitrogen and oxygen atoms in total. The second kappa shape index (κ2) is 37.4. The average molecular weight is 1650 g/mol. The van der Waals surface area contributed by atoms with Crippen molar-refractivity contribution >= 4 is 165 Å². The average Bonchev–Trinajstić information content (AvgIpc) is 0.765. The molecule has 0 saturated heterocycles. The predicted octanol–water partition coefficient (Wildman–Crippen LogP) is 33.8. The van der Waals surface area contributed by atoms with Crippen LogP contribution in [0, 0.1) is 0 Å². The highest BCUT2D eigenvalue weighted by Gasteiger charge is 2.17. The Labute approximate surface area is 750 Å². The Kier molecular flexibility index (Phi) is 23.8. The molecule has 0 radical (unpaired) electrons. The first kappa shape index (κ1) is 81.3. The minimum atomic E-state index is 1.18. The molecule has 0 unspecified atom stereocenters. The third kappa shape index (κ3) is 17.5. The van der Waals surface area contributed by atoms with Crippen LogP contribution >= 0.6 is 0 Å². The van der Waals surface area contributed by atoms with Gasteiger partial charge in [-0.25, -0.2) is 0 Å². The van der Waals surface area contributed by atoms with E-state index in [9.17, 15) is 0 Å². The monoisotopic (exact) mass is 1640 g/mol. The molecular formula is C123H97N5. The number of hydrogen-bond donors (Lipinski definition) is 0. The van der Waals surface area contributed by atoms with Crippen molar-refractivity contribution in [3.05, 3.63) is 497 Å². The van der Waals surface area contributed by atoms with E-state index in [1.165, 1.54) is 198 Å². The molecule has 5 heteroatoms. The maximum atomic E-state index is 2.28. The van der Waals surface area contributed by atoms with Crippen LogP contribution in [0.1, 0.15) is 0 Å². The molecule has 614 valence electrons. The van der Waals surface area contributed by atoms with Gasteiger partial charge in [-0.1, -0.05) is 394 Å². The summed E-state index contributed by atoms with van der Waals surface area (Å²) in [7, 11) is 10.7. The van der Waals surface area contributed by atoms with Gasteiger partial charge < -0.3 is 24.5 Å².